The molecule has 2 heteroatoms. The van der Waals surface area contributed by atoms with E-state index in [1.165, 1.54) is 11.1 Å². The Balaban J connectivity index is 1.84. The first-order valence-electron chi connectivity index (χ1n) is 6.87. The quantitative estimate of drug-likeness (QED) is 0.593. The molecule has 0 amide bonds. The highest BCUT2D eigenvalue weighted by molar-refractivity contribution is 6.01. The fourth-order valence-electron chi connectivity index (χ4n) is 6.42. The molecule has 0 aliphatic heterocycles. The summed E-state index contributed by atoms with van der Waals surface area (Å²) >= 11 is 0. The van der Waals surface area contributed by atoms with Gasteiger partial charge in [0.25, 0.3) is 0 Å². The van der Waals surface area contributed by atoms with Gasteiger partial charge in [-0.15, -0.1) is 0 Å². The van der Waals surface area contributed by atoms with Gasteiger partial charge in [0.15, 0.2) is 0 Å². The zero-order chi connectivity index (χ0) is 11.6. The summed E-state index contributed by atoms with van der Waals surface area (Å²) in [6, 6.07) is 0. The van der Waals surface area contributed by atoms with Crippen LogP contribution >= 0.6 is 0 Å². The summed E-state index contributed by atoms with van der Waals surface area (Å²) in [6.45, 7) is 4.18. The summed E-state index contributed by atoms with van der Waals surface area (Å²) in [5.74, 6) is 4.20. The van der Waals surface area contributed by atoms with E-state index in [2.05, 4.69) is 13.8 Å². The van der Waals surface area contributed by atoms with Crippen LogP contribution in [0.3, 0.4) is 0 Å². The van der Waals surface area contributed by atoms with Gasteiger partial charge in [-0.25, -0.2) is 0 Å². The standard InChI is InChI=1S/C15H16O2/c1-4(2)7-12-10-8-5(14(12)16)3-6-9(8)11(10)13(7)15(6)17/h5-6,8-13H,3H2,1-2H3. The van der Waals surface area contributed by atoms with E-state index in [1.807, 2.05) is 0 Å². The minimum absolute atomic E-state index is 0.159. The second-order valence-corrected chi connectivity index (χ2v) is 6.97. The molecule has 0 aromatic rings. The number of hydrogen-bond donors (Lipinski definition) is 0. The van der Waals surface area contributed by atoms with Gasteiger partial charge in [-0.2, -0.15) is 0 Å². The molecule has 0 radical (unpaired) electrons. The van der Waals surface area contributed by atoms with Gasteiger partial charge in [-0.3, -0.25) is 9.59 Å². The zero-order valence-electron chi connectivity index (χ0n) is 10.1. The van der Waals surface area contributed by atoms with E-state index in [4.69, 9.17) is 0 Å². The van der Waals surface area contributed by atoms with Crippen LogP contribution in [0, 0.1) is 47.3 Å². The lowest BCUT2D eigenvalue weighted by Gasteiger charge is -2.43. The molecule has 0 spiro atoms. The molecule has 8 atom stereocenters. The van der Waals surface area contributed by atoms with Crippen LogP contribution in [0.5, 0.6) is 0 Å². The Labute approximate surface area is 100 Å². The highest BCUT2D eigenvalue weighted by Crippen LogP contribution is 2.79. The van der Waals surface area contributed by atoms with Crippen LogP contribution in [-0.4, -0.2) is 11.6 Å². The minimum atomic E-state index is 0.159. The maximum Gasteiger partial charge on any atom is 0.143 e. The Morgan fingerprint density at radius 2 is 1.35 bits per heavy atom. The molecule has 0 aromatic heterocycles. The molecule has 88 valence electrons. The second kappa shape index (κ2) is 2.30. The fraction of sp³-hybridized carbons (Fsp3) is 0.733. The summed E-state index contributed by atoms with van der Waals surface area (Å²) < 4.78 is 0. The predicted molar refractivity (Wildman–Crippen MR) is 60.9 cm³/mol. The smallest absolute Gasteiger partial charge is 0.143 e. The van der Waals surface area contributed by atoms with Crippen molar-refractivity contribution in [2.75, 3.05) is 0 Å². The third kappa shape index (κ3) is 0.648. The summed E-state index contributed by atoms with van der Waals surface area (Å²) in [5, 5.41) is 0. The number of carbonyl (C=O) groups is 2. The van der Waals surface area contributed by atoms with Crippen molar-refractivity contribution < 1.29 is 9.59 Å². The predicted octanol–water partition coefficient (Wildman–Crippen LogP) is 1.85. The first-order valence-corrected chi connectivity index (χ1v) is 6.87. The highest BCUT2D eigenvalue weighted by Gasteiger charge is 2.81. The van der Waals surface area contributed by atoms with Gasteiger partial charge in [0, 0.05) is 23.7 Å². The average Bonchev–Trinajstić information content (AvgIpc) is 2.83. The van der Waals surface area contributed by atoms with Gasteiger partial charge in [0.1, 0.15) is 11.6 Å². The van der Waals surface area contributed by atoms with Crippen LogP contribution < -0.4 is 0 Å². The highest BCUT2D eigenvalue weighted by atomic mass is 16.1. The van der Waals surface area contributed by atoms with Gasteiger partial charge in [-0.1, -0.05) is 5.57 Å². The molecule has 2 nitrogen and oxygen atoms in total. The average molecular weight is 228 g/mol. The topological polar surface area (TPSA) is 34.1 Å². The minimum Gasteiger partial charge on any atom is -0.299 e. The molecule has 5 rings (SSSR count). The van der Waals surface area contributed by atoms with Gasteiger partial charge >= 0.3 is 0 Å². The molecular weight excluding hydrogens is 212 g/mol. The summed E-state index contributed by atoms with van der Waals surface area (Å²) in [4.78, 5) is 25.0. The maximum atomic E-state index is 12.5. The van der Waals surface area contributed by atoms with Gasteiger partial charge < -0.3 is 0 Å². The number of ketones is 2. The molecule has 5 aliphatic carbocycles. The molecule has 0 saturated heterocycles. The molecule has 5 aliphatic rings. The Kier molecular flexibility index (Phi) is 1.23. The second-order valence-electron chi connectivity index (χ2n) is 6.97. The number of rotatable bonds is 0. The molecule has 0 N–H and O–H groups in total. The lowest BCUT2D eigenvalue weighted by Crippen LogP contribution is -2.41. The SMILES string of the molecule is CC(C)=C1C2C(=O)C3CC4C(=O)C1C1C4C3C21. The van der Waals surface area contributed by atoms with Crippen molar-refractivity contribution in [1.82, 2.24) is 0 Å². The summed E-state index contributed by atoms with van der Waals surface area (Å²) in [6.07, 6.45) is 0.906. The Bertz CT molecular complexity index is 485. The van der Waals surface area contributed by atoms with Crippen molar-refractivity contribution >= 4 is 11.6 Å². The van der Waals surface area contributed by atoms with Crippen molar-refractivity contribution in [3.8, 4) is 0 Å². The lowest BCUT2D eigenvalue weighted by molar-refractivity contribution is -0.126. The van der Waals surface area contributed by atoms with E-state index in [1.54, 1.807) is 0 Å². The first-order chi connectivity index (χ1) is 8.13. The van der Waals surface area contributed by atoms with E-state index >= 15 is 0 Å². The Morgan fingerprint density at radius 3 is 1.76 bits per heavy atom. The number of hydrogen-bond acceptors (Lipinski definition) is 2. The van der Waals surface area contributed by atoms with E-state index < -0.39 is 0 Å². The lowest BCUT2D eigenvalue weighted by atomic mass is 9.60. The van der Waals surface area contributed by atoms with Crippen LogP contribution in [0.4, 0.5) is 0 Å². The zero-order valence-corrected chi connectivity index (χ0v) is 10.1. The van der Waals surface area contributed by atoms with Crippen molar-refractivity contribution in [2.45, 2.75) is 20.3 Å². The van der Waals surface area contributed by atoms with Gasteiger partial charge in [0.05, 0.1) is 0 Å². The third-order valence-corrected chi connectivity index (χ3v) is 6.58. The van der Waals surface area contributed by atoms with Crippen LogP contribution in [0.2, 0.25) is 0 Å². The number of allylic oxidation sites excluding steroid dienone is 2. The molecule has 8 unspecified atom stereocenters. The van der Waals surface area contributed by atoms with Crippen molar-refractivity contribution in [1.29, 1.82) is 0 Å². The summed E-state index contributed by atoms with van der Waals surface area (Å²) in [5.41, 5.74) is 2.50. The van der Waals surface area contributed by atoms with Crippen LogP contribution in [0.1, 0.15) is 20.3 Å². The van der Waals surface area contributed by atoms with Crippen LogP contribution in [0.15, 0.2) is 11.1 Å². The van der Waals surface area contributed by atoms with Crippen LogP contribution in [0.25, 0.3) is 0 Å². The molecular formula is C15H16O2. The van der Waals surface area contributed by atoms with E-state index in [9.17, 15) is 9.59 Å². The van der Waals surface area contributed by atoms with Crippen molar-refractivity contribution in [3.05, 3.63) is 11.1 Å². The molecule has 0 bridgehead atoms. The molecule has 17 heavy (non-hydrogen) atoms. The largest absolute Gasteiger partial charge is 0.299 e. The summed E-state index contributed by atoms with van der Waals surface area (Å²) in [7, 11) is 0. The number of Topliss-reactive ketones (excluding diaryl/α,β-unsaturated/α-hetero) is 2. The molecule has 5 saturated carbocycles. The number of carbonyl (C=O) groups excluding carboxylic acids is 2. The van der Waals surface area contributed by atoms with Crippen LogP contribution in [-0.2, 0) is 9.59 Å². The van der Waals surface area contributed by atoms with Crippen molar-refractivity contribution in [3.63, 3.8) is 0 Å². The normalized spacial score (nSPS) is 60.2. The molecule has 0 aromatic carbocycles. The Hall–Kier alpha value is -0.920. The van der Waals surface area contributed by atoms with Gasteiger partial charge in [0.2, 0.25) is 0 Å². The van der Waals surface area contributed by atoms with Crippen molar-refractivity contribution in [2.24, 2.45) is 47.3 Å². The van der Waals surface area contributed by atoms with E-state index in [0.717, 1.165) is 6.42 Å². The molecule has 0 heterocycles. The van der Waals surface area contributed by atoms with Gasteiger partial charge in [-0.05, 0) is 49.5 Å². The Morgan fingerprint density at radius 1 is 0.882 bits per heavy atom. The monoisotopic (exact) mass is 228 g/mol. The third-order valence-electron chi connectivity index (χ3n) is 6.58. The van der Waals surface area contributed by atoms with E-state index in [-0.39, 0.29) is 23.7 Å². The first kappa shape index (κ1) is 9.07. The molecule has 5 fully saturated rings. The fourth-order valence-corrected chi connectivity index (χ4v) is 6.42. The maximum absolute atomic E-state index is 12.5. The van der Waals surface area contributed by atoms with E-state index in [0.29, 0.717) is 35.2 Å².